The number of ether oxygens (including phenoxy) is 2. The molecule has 22 heavy (non-hydrogen) atoms. The molecule has 0 amide bonds. The van der Waals surface area contributed by atoms with Crippen LogP contribution in [0.4, 0.5) is 0 Å². The molecule has 0 aliphatic heterocycles. The Morgan fingerprint density at radius 1 is 1.05 bits per heavy atom. The highest BCUT2D eigenvalue weighted by Gasteiger charge is 2.35. The Morgan fingerprint density at radius 2 is 1.64 bits per heavy atom. The van der Waals surface area contributed by atoms with E-state index in [9.17, 15) is 4.79 Å². The van der Waals surface area contributed by atoms with E-state index in [0.717, 1.165) is 0 Å². The summed E-state index contributed by atoms with van der Waals surface area (Å²) < 4.78 is 10.9. The molecular weight excluding hydrogens is 276 g/mol. The standard InChI is InChI=1S/C19H20O3/c1-2-21-12-11-18(22-13-20)19-16-9-5-3-7-14(16)15-8-4-6-10-17(15)19/h3-10,13,18-19H,2,11-12H2,1H3. The normalized spacial score (nSPS) is 14.2. The third-order valence-corrected chi connectivity index (χ3v) is 4.23. The fourth-order valence-electron chi connectivity index (χ4n) is 3.32. The lowest BCUT2D eigenvalue weighted by Crippen LogP contribution is -2.23. The van der Waals surface area contributed by atoms with E-state index in [1.807, 2.05) is 31.2 Å². The molecule has 1 aliphatic carbocycles. The van der Waals surface area contributed by atoms with E-state index in [-0.39, 0.29) is 12.0 Å². The van der Waals surface area contributed by atoms with E-state index in [1.54, 1.807) is 0 Å². The van der Waals surface area contributed by atoms with Gasteiger partial charge in [-0.05, 0) is 29.2 Å². The molecule has 0 radical (unpaired) electrons. The average Bonchev–Trinajstić information content (AvgIpc) is 2.89. The van der Waals surface area contributed by atoms with Crippen LogP contribution >= 0.6 is 0 Å². The van der Waals surface area contributed by atoms with Crippen LogP contribution in [0.1, 0.15) is 30.4 Å². The van der Waals surface area contributed by atoms with Gasteiger partial charge in [0.1, 0.15) is 6.10 Å². The van der Waals surface area contributed by atoms with Crippen molar-refractivity contribution in [1.29, 1.82) is 0 Å². The first kappa shape index (κ1) is 14.8. The van der Waals surface area contributed by atoms with E-state index in [2.05, 4.69) is 24.3 Å². The SMILES string of the molecule is CCOCCC(OC=O)C1c2ccccc2-c2ccccc21. The first-order valence-corrected chi connectivity index (χ1v) is 7.72. The third kappa shape index (κ3) is 2.64. The number of hydrogen-bond acceptors (Lipinski definition) is 3. The Bertz CT molecular complexity index is 605. The molecule has 3 nitrogen and oxygen atoms in total. The lowest BCUT2D eigenvalue weighted by Gasteiger charge is -2.24. The Kier molecular flexibility index (Phi) is 4.54. The summed E-state index contributed by atoms with van der Waals surface area (Å²) in [5.74, 6) is 0.0815. The highest BCUT2D eigenvalue weighted by Crippen LogP contribution is 2.47. The predicted octanol–water partition coefficient (Wildman–Crippen LogP) is 3.77. The van der Waals surface area contributed by atoms with Gasteiger partial charge in [-0.2, -0.15) is 0 Å². The summed E-state index contributed by atoms with van der Waals surface area (Å²) in [6, 6.07) is 16.7. The van der Waals surface area contributed by atoms with Crippen LogP contribution in [0.15, 0.2) is 48.5 Å². The number of carbonyl (C=O) groups excluding carboxylic acids is 1. The molecule has 0 saturated heterocycles. The van der Waals surface area contributed by atoms with Crippen molar-refractivity contribution >= 4 is 6.47 Å². The summed E-state index contributed by atoms with van der Waals surface area (Å²) in [6.07, 6.45) is 0.494. The van der Waals surface area contributed by atoms with E-state index >= 15 is 0 Å². The molecule has 2 aromatic rings. The van der Waals surface area contributed by atoms with Crippen LogP contribution in [0.3, 0.4) is 0 Å². The number of carbonyl (C=O) groups is 1. The average molecular weight is 296 g/mol. The maximum atomic E-state index is 11.0. The number of fused-ring (bicyclic) bond motifs is 3. The van der Waals surface area contributed by atoms with Crippen LogP contribution < -0.4 is 0 Å². The second-order valence-electron chi connectivity index (χ2n) is 5.41. The van der Waals surface area contributed by atoms with Crippen molar-refractivity contribution < 1.29 is 14.3 Å². The number of benzene rings is 2. The minimum Gasteiger partial charge on any atom is -0.463 e. The van der Waals surface area contributed by atoms with Gasteiger partial charge in [0.2, 0.25) is 0 Å². The first-order valence-electron chi connectivity index (χ1n) is 7.72. The molecule has 0 spiro atoms. The molecule has 0 saturated carbocycles. The zero-order chi connectivity index (χ0) is 15.4. The lowest BCUT2D eigenvalue weighted by molar-refractivity contribution is -0.135. The van der Waals surface area contributed by atoms with Crippen LogP contribution in [-0.4, -0.2) is 25.8 Å². The Balaban J connectivity index is 1.98. The quantitative estimate of drug-likeness (QED) is 0.576. The fraction of sp³-hybridized carbons (Fsp3) is 0.316. The molecular formula is C19H20O3. The van der Waals surface area contributed by atoms with Gasteiger partial charge in [-0.1, -0.05) is 48.5 Å². The molecule has 1 aliphatic rings. The summed E-state index contributed by atoms with van der Waals surface area (Å²) in [4.78, 5) is 11.0. The summed E-state index contributed by atoms with van der Waals surface area (Å²) in [5, 5.41) is 0. The van der Waals surface area contributed by atoms with Crippen LogP contribution in [-0.2, 0) is 14.3 Å². The Labute approximate surface area is 130 Å². The molecule has 3 heteroatoms. The highest BCUT2D eigenvalue weighted by atomic mass is 16.5. The number of rotatable bonds is 7. The van der Waals surface area contributed by atoms with Crippen molar-refractivity contribution in [2.24, 2.45) is 0 Å². The summed E-state index contributed by atoms with van der Waals surface area (Å²) >= 11 is 0. The lowest BCUT2D eigenvalue weighted by atomic mass is 9.89. The fourth-order valence-corrected chi connectivity index (χ4v) is 3.32. The van der Waals surface area contributed by atoms with Crippen molar-refractivity contribution in [2.75, 3.05) is 13.2 Å². The second kappa shape index (κ2) is 6.75. The van der Waals surface area contributed by atoms with Gasteiger partial charge < -0.3 is 9.47 Å². The van der Waals surface area contributed by atoms with E-state index < -0.39 is 0 Å². The zero-order valence-corrected chi connectivity index (χ0v) is 12.7. The largest absolute Gasteiger partial charge is 0.463 e. The predicted molar refractivity (Wildman–Crippen MR) is 85.8 cm³/mol. The molecule has 0 fully saturated rings. The molecule has 0 heterocycles. The van der Waals surface area contributed by atoms with Crippen molar-refractivity contribution in [3.05, 3.63) is 59.7 Å². The molecule has 1 atom stereocenters. The van der Waals surface area contributed by atoms with Crippen LogP contribution in [0.25, 0.3) is 11.1 Å². The third-order valence-electron chi connectivity index (χ3n) is 4.23. The van der Waals surface area contributed by atoms with Gasteiger partial charge >= 0.3 is 0 Å². The topological polar surface area (TPSA) is 35.5 Å². The first-order chi connectivity index (χ1) is 10.9. The summed E-state index contributed by atoms with van der Waals surface area (Å²) in [5.41, 5.74) is 4.93. The monoisotopic (exact) mass is 296 g/mol. The summed E-state index contributed by atoms with van der Waals surface area (Å²) in [7, 11) is 0. The maximum Gasteiger partial charge on any atom is 0.293 e. The summed E-state index contributed by atoms with van der Waals surface area (Å²) in [6.45, 7) is 3.79. The molecule has 0 bridgehead atoms. The Hall–Kier alpha value is -2.13. The van der Waals surface area contributed by atoms with Gasteiger partial charge in [-0.25, -0.2) is 0 Å². The van der Waals surface area contributed by atoms with Crippen LogP contribution in [0.5, 0.6) is 0 Å². The molecule has 1 unspecified atom stereocenters. The molecule has 0 aromatic heterocycles. The van der Waals surface area contributed by atoms with Crippen molar-refractivity contribution in [1.82, 2.24) is 0 Å². The minimum atomic E-state index is -0.200. The van der Waals surface area contributed by atoms with E-state index in [0.29, 0.717) is 26.1 Å². The van der Waals surface area contributed by atoms with Crippen LogP contribution in [0.2, 0.25) is 0 Å². The van der Waals surface area contributed by atoms with E-state index in [4.69, 9.17) is 9.47 Å². The number of hydrogen-bond donors (Lipinski definition) is 0. The molecule has 2 aromatic carbocycles. The molecule has 3 rings (SSSR count). The van der Waals surface area contributed by atoms with Gasteiger partial charge in [0.15, 0.2) is 0 Å². The van der Waals surface area contributed by atoms with Gasteiger partial charge in [-0.3, -0.25) is 4.79 Å². The van der Waals surface area contributed by atoms with Crippen molar-refractivity contribution in [2.45, 2.75) is 25.4 Å². The molecule has 0 N–H and O–H groups in total. The van der Waals surface area contributed by atoms with Crippen LogP contribution in [0, 0.1) is 0 Å². The highest BCUT2D eigenvalue weighted by molar-refractivity contribution is 5.79. The van der Waals surface area contributed by atoms with Crippen molar-refractivity contribution in [3.63, 3.8) is 0 Å². The van der Waals surface area contributed by atoms with Gasteiger partial charge in [0, 0.05) is 18.9 Å². The smallest absolute Gasteiger partial charge is 0.293 e. The van der Waals surface area contributed by atoms with Crippen molar-refractivity contribution in [3.8, 4) is 11.1 Å². The second-order valence-corrected chi connectivity index (χ2v) is 5.41. The minimum absolute atomic E-state index is 0.0815. The van der Waals surface area contributed by atoms with E-state index in [1.165, 1.54) is 22.3 Å². The molecule has 114 valence electrons. The van der Waals surface area contributed by atoms with Gasteiger partial charge in [0.25, 0.3) is 6.47 Å². The maximum absolute atomic E-state index is 11.0. The van der Waals surface area contributed by atoms with Gasteiger partial charge in [0.05, 0.1) is 6.61 Å². The zero-order valence-electron chi connectivity index (χ0n) is 12.7. The van der Waals surface area contributed by atoms with Gasteiger partial charge in [-0.15, -0.1) is 0 Å². The Morgan fingerprint density at radius 3 is 2.18 bits per heavy atom.